The topological polar surface area (TPSA) is 70.8 Å². The first kappa shape index (κ1) is 27.3. The Balaban J connectivity index is 0.00000193. The predicted molar refractivity (Wildman–Crippen MR) is 138 cm³/mol. The SMILES string of the molecule is COc1ccc(Cl)cc1N1CCN(CCc2cnn(CC(=O)O)c2-c2cccs2)CC1.Cl.Cl. The van der Waals surface area contributed by atoms with Crippen LogP contribution in [-0.2, 0) is 17.8 Å². The maximum absolute atomic E-state index is 11.2. The molecule has 0 saturated carbocycles. The van der Waals surface area contributed by atoms with E-state index in [1.807, 2.05) is 41.9 Å². The molecule has 7 nitrogen and oxygen atoms in total. The van der Waals surface area contributed by atoms with Crippen molar-refractivity contribution in [2.75, 3.05) is 44.7 Å². The third kappa shape index (κ3) is 6.55. The number of carbonyl (C=O) groups is 1. The zero-order chi connectivity index (χ0) is 21.8. The van der Waals surface area contributed by atoms with E-state index in [1.54, 1.807) is 23.1 Å². The molecule has 1 aliphatic rings. The zero-order valence-corrected chi connectivity index (χ0v) is 21.4. The average molecular weight is 534 g/mol. The minimum atomic E-state index is -0.889. The largest absolute Gasteiger partial charge is 0.495 e. The zero-order valence-electron chi connectivity index (χ0n) is 18.1. The second kappa shape index (κ2) is 12.5. The van der Waals surface area contributed by atoms with Crippen LogP contribution < -0.4 is 9.64 Å². The van der Waals surface area contributed by atoms with Crippen LogP contribution in [0.1, 0.15) is 5.56 Å². The first-order valence-electron chi connectivity index (χ1n) is 10.2. The van der Waals surface area contributed by atoms with Gasteiger partial charge in [-0.1, -0.05) is 17.7 Å². The Morgan fingerprint density at radius 2 is 1.97 bits per heavy atom. The van der Waals surface area contributed by atoms with Gasteiger partial charge in [0.2, 0.25) is 0 Å². The monoisotopic (exact) mass is 532 g/mol. The minimum Gasteiger partial charge on any atom is -0.495 e. The number of carboxylic acid groups (broad SMARTS) is 1. The van der Waals surface area contributed by atoms with Crippen molar-refractivity contribution < 1.29 is 14.6 Å². The van der Waals surface area contributed by atoms with Gasteiger partial charge >= 0.3 is 5.97 Å². The van der Waals surface area contributed by atoms with Gasteiger partial charge < -0.3 is 14.7 Å². The van der Waals surface area contributed by atoms with Crippen LogP contribution in [0.5, 0.6) is 5.75 Å². The number of carboxylic acids is 1. The number of piperazine rings is 1. The summed E-state index contributed by atoms with van der Waals surface area (Å²) in [7, 11) is 1.68. The van der Waals surface area contributed by atoms with Crippen molar-refractivity contribution in [3.8, 4) is 16.3 Å². The molecule has 1 aliphatic heterocycles. The van der Waals surface area contributed by atoms with Gasteiger partial charge in [0.15, 0.2) is 0 Å². The lowest BCUT2D eigenvalue weighted by atomic mass is 10.1. The highest BCUT2D eigenvalue weighted by Crippen LogP contribution is 2.32. The Kier molecular flexibility index (Phi) is 10.3. The Labute approximate surface area is 214 Å². The molecule has 0 unspecified atom stereocenters. The number of methoxy groups -OCH3 is 1. The van der Waals surface area contributed by atoms with Gasteiger partial charge in [0.05, 0.1) is 29.6 Å². The van der Waals surface area contributed by atoms with Crippen LogP contribution in [0.2, 0.25) is 5.02 Å². The molecule has 1 aromatic carbocycles. The van der Waals surface area contributed by atoms with Crippen LogP contribution in [0.25, 0.3) is 10.6 Å². The van der Waals surface area contributed by atoms with E-state index in [1.165, 1.54) is 0 Å². The first-order chi connectivity index (χ1) is 15.0. The van der Waals surface area contributed by atoms with Crippen LogP contribution in [-0.4, -0.2) is 65.6 Å². The molecule has 0 aliphatic carbocycles. The smallest absolute Gasteiger partial charge is 0.325 e. The molecular formula is C22H27Cl3N4O3S. The number of ether oxygens (including phenoxy) is 1. The van der Waals surface area contributed by atoms with Crippen LogP contribution in [0.15, 0.2) is 41.9 Å². The minimum absolute atomic E-state index is 0. The van der Waals surface area contributed by atoms with Crippen LogP contribution in [0, 0.1) is 0 Å². The number of hydrogen-bond donors (Lipinski definition) is 1. The van der Waals surface area contributed by atoms with Gasteiger partial charge in [0, 0.05) is 43.3 Å². The molecule has 0 bridgehead atoms. The summed E-state index contributed by atoms with van der Waals surface area (Å²) in [5.74, 6) is -0.0516. The maximum Gasteiger partial charge on any atom is 0.325 e. The van der Waals surface area contributed by atoms with E-state index in [0.717, 1.165) is 66.7 Å². The molecule has 3 heterocycles. The number of anilines is 1. The fraction of sp³-hybridized carbons (Fsp3) is 0.364. The van der Waals surface area contributed by atoms with E-state index in [0.29, 0.717) is 5.02 Å². The predicted octanol–water partition coefficient (Wildman–Crippen LogP) is 4.57. The number of benzene rings is 1. The van der Waals surface area contributed by atoms with Gasteiger partial charge in [-0.3, -0.25) is 14.4 Å². The third-order valence-corrected chi connectivity index (χ3v) is 6.62. The molecule has 0 spiro atoms. The molecule has 11 heteroatoms. The van der Waals surface area contributed by atoms with Crippen LogP contribution in [0.4, 0.5) is 5.69 Å². The quantitative estimate of drug-likeness (QED) is 0.457. The van der Waals surface area contributed by atoms with Crippen molar-refractivity contribution in [1.29, 1.82) is 0 Å². The summed E-state index contributed by atoms with van der Waals surface area (Å²) in [6.45, 7) is 4.44. The number of aliphatic carboxylic acids is 1. The Hall–Kier alpha value is -1.97. The highest BCUT2D eigenvalue weighted by Gasteiger charge is 2.21. The number of halogens is 3. The lowest BCUT2D eigenvalue weighted by Crippen LogP contribution is -2.47. The number of thiophene rings is 1. The van der Waals surface area contributed by atoms with E-state index in [-0.39, 0.29) is 31.4 Å². The highest BCUT2D eigenvalue weighted by atomic mass is 35.5. The standard InChI is InChI=1S/C22H25ClN4O3S.2ClH/c1-30-19-5-4-17(23)13-18(19)26-10-8-25(9-11-26)7-6-16-14-24-27(15-21(28)29)22(16)20-3-2-12-31-20;;/h2-5,12-14H,6-11,15H2,1H3,(H,28,29);2*1H. The van der Waals surface area contributed by atoms with Crippen molar-refractivity contribution in [2.45, 2.75) is 13.0 Å². The van der Waals surface area contributed by atoms with E-state index in [2.05, 4.69) is 14.9 Å². The molecule has 0 atom stereocenters. The Morgan fingerprint density at radius 1 is 1.21 bits per heavy atom. The van der Waals surface area contributed by atoms with Crippen molar-refractivity contribution in [1.82, 2.24) is 14.7 Å². The van der Waals surface area contributed by atoms with Crippen molar-refractivity contribution >= 4 is 59.4 Å². The summed E-state index contributed by atoms with van der Waals surface area (Å²) >= 11 is 7.80. The average Bonchev–Trinajstić information content (AvgIpc) is 3.42. The van der Waals surface area contributed by atoms with Gasteiger partial charge in [0.1, 0.15) is 12.3 Å². The second-order valence-electron chi connectivity index (χ2n) is 7.44. The molecule has 4 rings (SSSR count). The second-order valence-corrected chi connectivity index (χ2v) is 8.83. The summed E-state index contributed by atoms with van der Waals surface area (Å²) < 4.78 is 7.09. The number of hydrogen-bond acceptors (Lipinski definition) is 6. The van der Waals surface area contributed by atoms with Gasteiger partial charge in [-0.15, -0.1) is 36.2 Å². The van der Waals surface area contributed by atoms with Gasteiger partial charge in [-0.05, 0) is 36.1 Å². The van der Waals surface area contributed by atoms with Crippen molar-refractivity contribution in [3.05, 3.63) is 52.5 Å². The molecular weight excluding hydrogens is 507 g/mol. The van der Waals surface area contributed by atoms with Gasteiger partial charge in [-0.2, -0.15) is 5.10 Å². The third-order valence-electron chi connectivity index (χ3n) is 5.51. The summed E-state index contributed by atoms with van der Waals surface area (Å²) in [6, 6.07) is 9.70. The maximum atomic E-state index is 11.2. The lowest BCUT2D eigenvalue weighted by molar-refractivity contribution is -0.137. The Morgan fingerprint density at radius 3 is 2.61 bits per heavy atom. The molecule has 0 radical (unpaired) electrons. The summed E-state index contributed by atoms with van der Waals surface area (Å²) in [5, 5.41) is 16.3. The molecule has 180 valence electrons. The molecule has 1 fully saturated rings. The Bertz CT molecular complexity index is 1040. The van der Waals surface area contributed by atoms with Crippen molar-refractivity contribution in [3.63, 3.8) is 0 Å². The molecule has 0 amide bonds. The van der Waals surface area contributed by atoms with Gasteiger partial charge in [-0.25, -0.2) is 0 Å². The van der Waals surface area contributed by atoms with Crippen LogP contribution in [0.3, 0.4) is 0 Å². The fourth-order valence-corrected chi connectivity index (χ4v) is 4.93. The molecule has 33 heavy (non-hydrogen) atoms. The summed E-state index contributed by atoms with van der Waals surface area (Å²) in [4.78, 5) is 17.0. The molecule has 2 aromatic heterocycles. The van der Waals surface area contributed by atoms with Crippen LogP contribution >= 0.6 is 47.8 Å². The van der Waals surface area contributed by atoms with Crippen molar-refractivity contribution in [2.24, 2.45) is 0 Å². The first-order valence-corrected chi connectivity index (χ1v) is 11.4. The molecule has 1 saturated heterocycles. The van der Waals surface area contributed by atoms with E-state index in [4.69, 9.17) is 16.3 Å². The fourth-order valence-electron chi connectivity index (χ4n) is 3.95. The summed E-state index contributed by atoms with van der Waals surface area (Å²) in [6.07, 6.45) is 2.64. The molecule has 3 aromatic rings. The molecule has 1 N–H and O–H groups in total. The number of rotatable bonds is 8. The lowest BCUT2D eigenvalue weighted by Gasteiger charge is -2.36. The van der Waals surface area contributed by atoms with E-state index < -0.39 is 5.97 Å². The van der Waals surface area contributed by atoms with Gasteiger partial charge in [0.25, 0.3) is 0 Å². The summed E-state index contributed by atoms with van der Waals surface area (Å²) in [5.41, 5.74) is 3.03. The van der Waals surface area contributed by atoms with E-state index in [9.17, 15) is 9.90 Å². The highest BCUT2D eigenvalue weighted by molar-refractivity contribution is 7.13. The van der Waals surface area contributed by atoms with E-state index >= 15 is 0 Å². The number of aromatic nitrogens is 2. The normalized spacial score (nSPS) is 13.8. The number of nitrogens with zero attached hydrogens (tertiary/aromatic N) is 4.